The van der Waals surface area contributed by atoms with Crippen LogP contribution in [0.3, 0.4) is 0 Å². The maximum atomic E-state index is 12.8. The summed E-state index contributed by atoms with van der Waals surface area (Å²) in [6, 6.07) is 8.60. The van der Waals surface area contributed by atoms with Crippen molar-refractivity contribution in [1.29, 1.82) is 0 Å². The van der Waals surface area contributed by atoms with Gasteiger partial charge >= 0.3 is 18.0 Å². The van der Waals surface area contributed by atoms with Crippen molar-refractivity contribution in [1.82, 2.24) is 10.7 Å². The lowest BCUT2D eigenvalue weighted by molar-refractivity contribution is -0.139. The molecule has 200 valence electrons. The summed E-state index contributed by atoms with van der Waals surface area (Å²) in [7, 11) is 0. The molecule has 2 aromatic carbocycles. The van der Waals surface area contributed by atoms with Gasteiger partial charge in [-0.3, -0.25) is 14.4 Å². The van der Waals surface area contributed by atoms with Gasteiger partial charge in [-0.05, 0) is 62.2 Å². The zero-order valence-electron chi connectivity index (χ0n) is 20.0. The number of halogens is 4. The summed E-state index contributed by atoms with van der Waals surface area (Å²) in [5.41, 5.74) is 1.62. The number of amides is 3. The van der Waals surface area contributed by atoms with Crippen LogP contribution in [0.5, 0.6) is 5.75 Å². The summed E-state index contributed by atoms with van der Waals surface area (Å²) in [6.07, 6.45) is -2.65. The molecule has 0 unspecified atom stereocenters. The lowest BCUT2D eigenvalue weighted by Gasteiger charge is -2.11. The van der Waals surface area contributed by atoms with E-state index < -0.39 is 36.1 Å². The number of hydrogen-bond donors (Lipinski definition) is 3. The van der Waals surface area contributed by atoms with E-state index in [1.807, 2.05) is 13.8 Å². The number of hydrogen-bond acceptors (Lipinski definition) is 6. The van der Waals surface area contributed by atoms with Crippen molar-refractivity contribution in [3.8, 4) is 5.75 Å². The highest BCUT2D eigenvalue weighted by Gasteiger charge is 2.30. The topological polar surface area (TPSA) is 118 Å². The number of carbonyl (C=O) groups excluding carboxylic acids is 3. The van der Waals surface area contributed by atoms with E-state index in [2.05, 4.69) is 21.2 Å². The Labute approximate surface area is 216 Å². The Morgan fingerprint density at radius 2 is 1.86 bits per heavy atom. The molecule has 0 aliphatic carbocycles. The molecule has 37 heavy (non-hydrogen) atoms. The van der Waals surface area contributed by atoms with Gasteiger partial charge in [-0.15, -0.1) is 0 Å². The van der Waals surface area contributed by atoms with Crippen LogP contribution < -0.4 is 20.8 Å². The molecule has 0 bridgehead atoms. The highest BCUT2D eigenvalue weighted by Crippen LogP contribution is 2.30. The third-order valence-corrected chi connectivity index (χ3v) is 4.73. The maximum Gasteiger partial charge on any atom is 0.416 e. The largest absolute Gasteiger partial charge is 0.482 e. The second kappa shape index (κ2) is 14.2. The van der Waals surface area contributed by atoms with Gasteiger partial charge < -0.3 is 20.1 Å². The Hall–Kier alpha value is -3.64. The molecule has 9 nitrogen and oxygen atoms in total. The molecule has 0 aliphatic rings. The molecular formula is C24H26ClF3N4O5. The molecule has 2 aromatic rings. The third-order valence-electron chi connectivity index (χ3n) is 4.43. The van der Waals surface area contributed by atoms with Crippen molar-refractivity contribution < 1.29 is 37.0 Å². The summed E-state index contributed by atoms with van der Waals surface area (Å²) in [5.74, 6) is -2.33. The molecular weight excluding hydrogens is 517 g/mol. The molecule has 0 atom stereocenters. The van der Waals surface area contributed by atoms with E-state index in [1.54, 1.807) is 0 Å². The summed E-state index contributed by atoms with van der Waals surface area (Å²) < 4.78 is 49.0. The SMILES string of the molecule is CC(C)OCCCNC(=O)C(=O)N/N=C\c1ccc(OCC(=O)Nc2cccc(C(F)(F)F)c2)c(Cl)c1. The van der Waals surface area contributed by atoms with Gasteiger partial charge in [0.15, 0.2) is 6.61 Å². The standard InChI is InChI=1S/C24H26ClF3N4O5/c1-15(2)36-10-4-9-29-22(34)23(35)32-30-13-16-7-8-20(19(25)11-16)37-14-21(33)31-18-6-3-5-17(12-18)24(26,27)28/h3,5-8,11-13,15H,4,9-10,14H2,1-2H3,(H,29,34)(H,31,33)(H,32,35)/b30-13-. The van der Waals surface area contributed by atoms with E-state index in [4.69, 9.17) is 21.1 Å². The third kappa shape index (κ3) is 10.9. The second-order valence-corrected chi connectivity index (χ2v) is 8.24. The lowest BCUT2D eigenvalue weighted by Crippen LogP contribution is -2.38. The Balaban J connectivity index is 1.79. The smallest absolute Gasteiger partial charge is 0.416 e. The van der Waals surface area contributed by atoms with Crippen molar-refractivity contribution in [2.24, 2.45) is 5.10 Å². The van der Waals surface area contributed by atoms with Gasteiger partial charge in [0.05, 0.1) is 22.9 Å². The highest BCUT2D eigenvalue weighted by molar-refractivity contribution is 6.35. The first kappa shape index (κ1) is 29.6. The van der Waals surface area contributed by atoms with Crippen molar-refractivity contribution in [3.05, 3.63) is 58.6 Å². The normalized spacial score (nSPS) is 11.4. The molecule has 3 N–H and O–H groups in total. The van der Waals surface area contributed by atoms with Gasteiger partial charge in [-0.2, -0.15) is 18.3 Å². The average molecular weight is 543 g/mol. The first-order valence-electron chi connectivity index (χ1n) is 11.1. The van der Waals surface area contributed by atoms with E-state index in [0.29, 0.717) is 18.6 Å². The quantitative estimate of drug-likeness (QED) is 0.173. The summed E-state index contributed by atoms with van der Waals surface area (Å²) in [5, 5.41) is 8.57. The fraction of sp³-hybridized carbons (Fsp3) is 0.333. The zero-order valence-corrected chi connectivity index (χ0v) is 20.8. The van der Waals surface area contributed by atoms with Crippen LogP contribution in [0.25, 0.3) is 0 Å². The van der Waals surface area contributed by atoms with Gasteiger partial charge in [0.25, 0.3) is 5.91 Å². The zero-order chi connectivity index (χ0) is 27.4. The van der Waals surface area contributed by atoms with Crippen molar-refractivity contribution >= 4 is 41.2 Å². The molecule has 13 heteroatoms. The van der Waals surface area contributed by atoms with Crippen LogP contribution in [-0.2, 0) is 25.3 Å². The van der Waals surface area contributed by atoms with Crippen molar-refractivity contribution in [2.75, 3.05) is 25.1 Å². The van der Waals surface area contributed by atoms with Gasteiger partial charge in [0.1, 0.15) is 5.75 Å². The molecule has 0 radical (unpaired) electrons. The predicted molar refractivity (Wildman–Crippen MR) is 131 cm³/mol. The predicted octanol–water partition coefficient (Wildman–Crippen LogP) is 3.76. The summed E-state index contributed by atoms with van der Waals surface area (Å²) in [6.45, 7) is 4.02. The van der Waals surface area contributed by atoms with E-state index in [9.17, 15) is 27.6 Å². The number of ether oxygens (including phenoxy) is 2. The van der Waals surface area contributed by atoms with E-state index in [0.717, 1.165) is 12.1 Å². The molecule has 0 aromatic heterocycles. The van der Waals surface area contributed by atoms with Gasteiger partial charge in [-0.25, -0.2) is 5.43 Å². The monoisotopic (exact) mass is 542 g/mol. The van der Waals surface area contributed by atoms with E-state index in [-0.39, 0.29) is 29.1 Å². The molecule has 0 heterocycles. The van der Waals surface area contributed by atoms with Gasteiger partial charge in [-0.1, -0.05) is 17.7 Å². The van der Waals surface area contributed by atoms with Crippen LogP contribution in [0.15, 0.2) is 47.6 Å². The second-order valence-electron chi connectivity index (χ2n) is 7.83. The van der Waals surface area contributed by atoms with Crippen LogP contribution in [0.1, 0.15) is 31.4 Å². The summed E-state index contributed by atoms with van der Waals surface area (Å²) >= 11 is 6.13. The average Bonchev–Trinajstić information content (AvgIpc) is 2.82. The minimum Gasteiger partial charge on any atom is -0.482 e. The Kier molecular flexibility index (Phi) is 11.3. The number of carbonyl (C=O) groups is 3. The van der Waals surface area contributed by atoms with Crippen LogP contribution >= 0.6 is 11.6 Å². The minimum atomic E-state index is -4.53. The molecule has 0 spiro atoms. The number of anilines is 1. The molecule has 0 fully saturated rings. The van der Waals surface area contributed by atoms with Gasteiger partial charge in [0.2, 0.25) is 0 Å². The summed E-state index contributed by atoms with van der Waals surface area (Å²) in [4.78, 5) is 35.5. The van der Waals surface area contributed by atoms with E-state index >= 15 is 0 Å². The maximum absolute atomic E-state index is 12.8. The number of rotatable bonds is 11. The number of nitrogens with zero attached hydrogens (tertiary/aromatic N) is 1. The Morgan fingerprint density at radius 1 is 1.11 bits per heavy atom. The van der Waals surface area contributed by atoms with Crippen molar-refractivity contribution in [2.45, 2.75) is 32.5 Å². The first-order chi connectivity index (χ1) is 17.5. The molecule has 2 rings (SSSR count). The van der Waals surface area contributed by atoms with Crippen LogP contribution in [-0.4, -0.2) is 49.8 Å². The van der Waals surface area contributed by atoms with Crippen LogP contribution in [0, 0.1) is 0 Å². The first-order valence-corrected chi connectivity index (χ1v) is 11.5. The van der Waals surface area contributed by atoms with Crippen LogP contribution in [0.4, 0.5) is 18.9 Å². The Bertz CT molecular complexity index is 1130. The number of nitrogens with one attached hydrogen (secondary N) is 3. The molecule has 0 saturated carbocycles. The number of hydrazone groups is 1. The molecule has 3 amide bonds. The fourth-order valence-corrected chi connectivity index (χ4v) is 2.96. The van der Waals surface area contributed by atoms with Crippen LogP contribution in [0.2, 0.25) is 5.02 Å². The molecule has 0 aliphatic heterocycles. The fourth-order valence-electron chi connectivity index (χ4n) is 2.72. The van der Waals surface area contributed by atoms with Gasteiger partial charge in [0, 0.05) is 18.8 Å². The number of alkyl halides is 3. The van der Waals surface area contributed by atoms with Crippen molar-refractivity contribution in [3.63, 3.8) is 0 Å². The minimum absolute atomic E-state index is 0.0306. The highest BCUT2D eigenvalue weighted by atomic mass is 35.5. The molecule has 0 saturated heterocycles. The Morgan fingerprint density at radius 3 is 2.54 bits per heavy atom. The van der Waals surface area contributed by atoms with E-state index in [1.165, 1.54) is 36.5 Å². The number of benzene rings is 2. The lowest BCUT2D eigenvalue weighted by atomic mass is 10.2.